The van der Waals surface area contributed by atoms with Gasteiger partial charge in [-0.1, -0.05) is 30.0 Å². The highest BCUT2D eigenvalue weighted by molar-refractivity contribution is 8.00. The molecule has 2 aromatic carbocycles. The van der Waals surface area contributed by atoms with Gasteiger partial charge in [-0.2, -0.15) is 0 Å². The molecule has 1 aromatic heterocycles. The van der Waals surface area contributed by atoms with Crippen molar-refractivity contribution in [2.24, 2.45) is 0 Å². The molecule has 3 aromatic rings. The number of aromatic hydroxyl groups is 1. The van der Waals surface area contributed by atoms with Crippen LogP contribution in [0, 0.1) is 10.1 Å². The number of nitrogens with one attached hydrogen (secondary N) is 1. The molecule has 0 radical (unpaired) electrons. The molecule has 0 bridgehead atoms. The lowest BCUT2D eigenvalue weighted by molar-refractivity contribution is -0.384. The van der Waals surface area contributed by atoms with Crippen molar-refractivity contribution in [1.29, 1.82) is 0 Å². The van der Waals surface area contributed by atoms with E-state index in [2.05, 4.69) is 15.5 Å². The van der Waals surface area contributed by atoms with Gasteiger partial charge in [-0.15, -0.1) is 10.2 Å². The van der Waals surface area contributed by atoms with Crippen molar-refractivity contribution in [3.05, 3.63) is 58.6 Å². The lowest BCUT2D eigenvalue weighted by Crippen LogP contribution is -2.22. The standard InChI is InChI=1S/C17H14N4O5S/c1-10(15(23)18-11-5-4-6-12(9-11)21(24)25)27-17-20-19-16(26-17)13-7-2-3-8-14(13)22/h2-10,22H,1H3,(H,18,23). The molecule has 2 N–H and O–H groups in total. The average molecular weight is 386 g/mol. The normalized spacial score (nSPS) is 11.7. The second-order valence-electron chi connectivity index (χ2n) is 5.45. The third kappa shape index (κ3) is 4.42. The maximum atomic E-state index is 12.3. The largest absolute Gasteiger partial charge is 0.507 e. The van der Waals surface area contributed by atoms with Crippen LogP contribution in [-0.4, -0.2) is 31.4 Å². The van der Waals surface area contributed by atoms with Crippen molar-refractivity contribution in [1.82, 2.24) is 10.2 Å². The Kier molecular flexibility index (Phi) is 5.36. The van der Waals surface area contributed by atoms with E-state index in [0.717, 1.165) is 11.8 Å². The van der Waals surface area contributed by atoms with Gasteiger partial charge in [0.25, 0.3) is 16.8 Å². The number of hydrogen-bond donors (Lipinski definition) is 2. The Bertz CT molecular complexity index is 991. The predicted molar refractivity (Wildman–Crippen MR) is 98.4 cm³/mol. The van der Waals surface area contributed by atoms with E-state index in [-0.39, 0.29) is 28.5 Å². The second kappa shape index (κ2) is 7.87. The summed E-state index contributed by atoms with van der Waals surface area (Å²) < 4.78 is 5.48. The smallest absolute Gasteiger partial charge is 0.277 e. The molecule has 1 unspecified atom stereocenters. The fourth-order valence-corrected chi connectivity index (χ4v) is 2.85. The van der Waals surface area contributed by atoms with Crippen LogP contribution in [0.3, 0.4) is 0 Å². The Hall–Kier alpha value is -3.40. The summed E-state index contributed by atoms with van der Waals surface area (Å²) in [5.41, 5.74) is 0.602. The monoisotopic (exact) mass is 386 g/mol. The lowest BCUT2D eigenvalue weighted by Gasteiger charge is -2.09. The Morgan fingerprint density at radius 1 is 1.26 bits per heavy atom. The summed E-state index contributed by atoms with van der Waals surface area (Å²) >= 11 is 1.03. The zero-order valence-corrected chi connectivity index (χ0v) is 14.8. The molecule has 10 heteroatoms. The van der Waals surface area contributed by atoms with Gasteiger partial charge < -0.3 is 14.8 Å². The van der Waals surface area contributed by atoms with Crippen LogP contribution < -0.4 is 5.32 Å². The minimum absolute atomic E-state index is 0.00848. The molecule has 9 nitrogen and oxygen atoms in total. The minimum atomic E-state index is -0.595. The number of anilines is 1. The molecule has 0 aliphatic heterocycles. The summed E-state index contributed by atoms with van der Waals surface area (Å²) in [4.78, 5) is 22.6. The van der Waals surface area contributed by atoms with Gasteiger partial charge in [0.1, 0.15) is 5.75 Å². The highest BCUT2D eigenvalue weighted by atomic mass is 32.2. The third-order valence-corrected chi connectivity index (χ3v) is 4.45. The molecule has 27 heavy (non-hydrogen) atoms. The Labute approximate surface area is 157 Å². The molecular weight excluding hydrogens is 372 g/mol. The van der Waals surface area contributed by atoms with Crippen molar-refractivity contribution in [3.8, 4) is 17.2 Å². The number of nitrogens with zero attached hydrogens (tertiary/aromatic N) is 3. The van der Waals surface area contributed by atoms with Crippen LogP contribution in [0.2, 0.25) is 0 Å². The Balaban J connectivity index is 1.66. The molecule has 1 heterocycles. The van der Waals surface area contributed by atoms with Gasteiger partial charge >= 0.3 is 0 Å². The van der Waals surface area contributed by atoms with Gasteiger partial charge in [0.15, 0.2) is 0 Å². The van der Waals surface area contributed by atoms with Crippen molar-refractivity contribution >= 4 is 29.0 Å². The molecule has 0 spiro atoms. The van der Waals surface area contributed by atoms with Crippen molar-refractivity contribution in [3.63, 3.8) is 0 Å². The summed E-state index contributed by atoms with van der Waals surface area (Å²) in [6.45, 7) is 1.64. The first kappa shape index (κ1) is 18.4. The predicted octanol–water partition coefficient (Wildman–Crippen LogP) is 3.47. The van der Waals surface area contributed by atoms with Crippen LogP contribution >= 0.6 is 11.8 Å². The summed E-state index contributed by atoms with van der Waals surface area (Å²) in [5, 5.41) is 30.5. The first-order valence-electron chi connectivity index (χ1n) is 7.78. The van der Waals surface area contributed by atoms with E-state index in [0.29, 0.717) is 11.3 Å². The summed E-state index contributed by atoms with van der Waals surface area (Å²) in [6, 6.07) is 12.2. The molecule has 0 aliphatic carbocycles. The van der Waals surface area contributed by atoms with E-state index in [1.807, 2.05) is 0 Å². The number of non-ortho nitro benzene ring substituents is 1. The number of nitro benzene ring substituents is 1. The van der Waals surface area contributed by atoms with E-state index in [4.69, 9.17) is 4.42 Å². The zero-order valence-electron chi connectivity index (χ0n) is 14.0. The quantitative estimate of drug-likeness (QED) is 0.374. The fraction of sp³-hybridized carbons (Fsp3) is 0.118. The van der Waals surface area contributed by atoms with Crippen molar-refractivity contribution in [2.45, 2.75) is 17.4 Å². The van der Waals surface area contributed by atoms with Crippen molar-refractivity contribution < 1.29 is 19.2 Å². The third-order valence-electron chi connectivity index (χ3n) is 3.51. The van der Waals surface area contributed by atoms with Crippen LogP contribution in [0.25, 0.3) is 11.5 Å². The zero-order chi connectivity index (χ0) is 19.4. The van der Waals surface area contributed by atoms with Gasteiger partial charge in [-0.3, -0.25) is 14.9 Å². The molecule has 0 saturated carbocycles. The van der Waals surface area contributed by atoms with Gasteiger partial charge in [-0.05, 0) is 25.1 Å². The number of hydrogen-bond acceptors (Lipinski definition) is 8. The molecule has 138 valence electrons. The van der Waals surface area contributed by atoms with E-state index in [9.17, 15) is 20.0 Å². The Morgan fingerprint density at radius 3 is 2.78 bits per heavy atom. The van der Waals surface area contributed by atoms with Crippen LogP contribution in [0.4, 0.5) is 11.4 Å². The number of rotatable bonds is 6. The van der Waals surface area contributed by atoms with Crippen LogP contribution in [0.1, 0.15) is 6.92 Å². The maximum absolute atomic E-state index is 12.3. The van der Waals surface area contributed by atoms with Gasteiger partial charge in [0.2, 0.25) is 5.91 Å². The number of phenolic OH excluding ortho intramolecular Hbond substituents is 1. The number of benzene rings is 2. The Morgan fingerprint density at radius 2 is 2.04 bits per heavy atom. The van der Waals surface area contributed by atoms with Gasteiger partial charge in [-0.25, -0.2) is 0 Å². The van der Waals surface area contributed by atoms with Crippen LogP contribution in [0.15, 0.2) is 58.2 Å². The second-order valence-corrected chi connectivity index (χ2v) is 6.74. The molecule has 0 aliphatic rings. The SMILES string of the molecule is CC(Sc1nnc(-c2ccccc2O)o1)C(=O)Nc1cccc([N+](=O)[O-])c1. The summed E-state index contributed by atoms with van der Waals surface area (Å²) in [7, 11) is 0. The van der Waals surface area contributed by atoms with E-state index in [1.54, 1.807) is 31.2 Å². The first-order chi connectivity index (χ1) is 12.9. The number of aromatic nitrogens is 2. The van der Waals surface area contributed by atoms with E-state index < -0.39 is 10.2 Å². The molecule has 1 atom stereocenters. The number of carbonyl (C=O) groups excluding carboxylic acids is 1. The molecule has 3 rings (SSSR count). The number of nitro groups is 1. The highest BCUT2D eigenvalue weighted by Gasteiger charge is 2.20. The summed E-state index contributed by atoms with van der Waals surface area (Å²) in [6.07, 6.45) is 0. The number of thioether (sulfide) groups is 1. The van der Waals surface area contributed by atoms with Gasteiger partial charge in [0.05, 0.1) is 15.7 Å². The maximum Gasteiger partial charge on any atom is 0.277 e. The number of para-hydroxylation sites is 1. The molecule has 0 saturated heterocycles. The average Bonchev–Trinajstić information content (AvgIpc) is 3.10. The number of phenols is 1. The van der Waals surface area contributed by atoms with Crippen LogP contribution in [-0.2, 0) is 4.79 Å². The molecule has 1 amide bonds. The van der Waals surface area contributed by atoms with E-state index in [1.165, 1.54) is 24.3 Å². The lowest BCUT2D eigenvalue weighted by atomic mass is 10.2. The first-order valence-corrected chi connectivity index (χ1v) is 8.66. The van der Waals surface area contributed by atoms with Crippen molar-refractivity contribution in [2.75, 3.05) is 5.32 Å². The highest BCUT2D eigenvalue weighted by Crippen LogP contribution is 2.31. The molecule has 0 fully saturated rings. The fourth-order valence-electron chi connectivity index (χ4n) is 2.17. The number of amides is 1. The minimum Gasteiger partial charge on any atom is -0.507 e. The van der Waals surface area contributed by atoms with Gasteiger partial charge in [0, 0.05) is 17.8 Å². The van der Waals surface area contributed by atoms with E-state index >= 15 is 0 Å². The van der Waals surface area contributed by atoms with Crippen LogP contribution in [0.5, 0.6) is 5.75 Å². The summed E-state index contributed by atoms with van der Waals surface area (Å²) in [5.74, 6) is -0.223. The number of carbonyl (C=O) groups is 1. The topological polar surface area (TPSA) is 131 Å². The molecular formula is C17H14N4O5S.